The number of phenolic OH excluding ortho intramolecular Hbond substituents is 1. The van der Waals surface area contributed by atoms with E-state index < -0.39 is 0 Å². The van der Waals surface area contributed by atoms with E-state index in [0.717, 1.165) is 21.3 Å². The van der Waals surface area contributed by atoms with Crippen LogP contribution in [0.4, 0.5) is 5.69 Å². The lowest BCUT2D eigenvalue weighted by atomic mass is 10.1. The van der Waals surface area contributed by atoms with Gasteiger partial charge in [-0.15, -0.1) is 0 Å². The summed E-state index contributed by atoms with van der Waals surface area (Å²) in [5.74, 6) is -0.0407. The molecule has 0 heterocycles. The standard InChI is InChI=1S/C15H14BrNO2/c1-9-7-12(16)8-10(2)14(9)17-15(19)11-3-5-13(18)6-4-11/h3-8,18H,1-2H3,(H,17,19). The summed E-state index contributed by atoms with van der Waals surface area (Å²) in [6, 6.07) is 10.1. The van der Waals surface area contributed by atoms with Crippen LogP contribution in [-0.2, 0) is 0 Å². The van der Waals surface area contributed by atoms with Gasteiger partial charge in [-0.05, 0) is 61.4 Å². The first kappa shape index (κ1) is 13.6. The number of nitrogens with one attached hydrogen (secondary N) is 1. The van der Waals surface area contributed by atoms with Gasteiger partial charge in [0.2, 0.25) is 0 Å². The van der Waals surface area contributed by atoms with Crippen LogP contribution in [0.1, 0.15) is 21.5 Å². The predicted molar refractivity (Wildman–Crippen MR) is 79.7 cm³/mol. The summed E-state index contributed by atoms with van der Waals surface area (Å²) >= 11 is 3.43. The van der Waals surface area contributed by atoms with Crippen LogP contribution in [0, 0.1) is 13.8 Å². The second kappa shape index (κ2) is 5.45. The highest BCUT2D eigenvalue weighted by Gasteiger charge is 2.10. The van der Waals surface area contributed by atoms with Crippen molar-refractivity contribution >= 4 is 27.5 Å². The molecule has 19 heavy (non-hydrogen) atoms. The van der Waals surface area contributed by atoms with Crippen LogP contribution in [0.3, 0.4) is 0 Å². The van der Waals surface area contributed by atoms with Crippen LogP contribution >= 0.6 is 15.9 Å². The highest BCUT2D eigenvalue weighted by atomic mass is 79.9. The molecule has 2 aromatic rings. The molecule has 0 aliphatic heterocycles. The molecule has 0 radical (unpaired) electrons. The van der Waals surface area contributed by atoms with Crippen LogP contribution in [0.5, 0.6) is 5.75 Å². The number of rotatable bonds is 2. The maximum absolute atomic E-state index is 12.1. The smallest absolute Gasteiger partial charge is 0.255 e. The second-order valence-electron chi connectivity index (χ2n) is 4.42. The fourth-order valence-electron chi connectivity index (χ4n) is 1.91. The van der Waals surface area contributed by atoms with Gasteiger partial charge < -0.3 is 10.4 Å². The fourth-order valence-corrected chi connectivity index (χ4v) is 2.59. The molecule has 0 unspecified atom stereocenters. The van der Waals surface area contributed by atoms with Crippen molar-refractivity contribution in [1.82, 2.24) is 0 Å². The molecule has 2 aromatic carbocycles. The maximum atomic E-state index is 12.1. The normalized spacial score (nSPS) is 10.3. The summed E-state index contributed by atoms with van der Waals surface area (Å²) in [6.07, 6.45) is 0. The number of benzene rings is 2. The quantitative estimate of drug-likeness (QED) is 0.878. The molecule has 0 atom stereocenters. The fraction of sp³-hybridized carbons (Fsp3) is 0.133. The Balaban J connectivity index is 2.26. The summed E-state index contributed by atoms with van der Waals surface area (Å²) in [7, 11) is 0. The monoisotopic (exact) mass is 319 g/mol. The van der Waals surface area contributed by atoms with Gasteiger partial charge in [-0.25, -0.2) is 0 Å². The number of hydrogen-bond donors (Lipinski definition) is 2. The van der Waals surface area contributed by atoms with Gasteiger partial charge in [0.15, 0.2) is 0 Å². The molecular formula is C15H14BrNO2. The molecule has 98 valence electrons. The van der Waals surface area contributed by atoms with Crippen LogP contribution in [0.2, 0.25) is 0 Å². The number of carbonyl (C=O) groups is 1. The number of aryl methyl sites for hydroxylation is 2. The van der Waals surface area contributed by atoms with E-state index in [2.05, 4.69) is 21.2 Å². The van der Waals surface area contributed by atoms with Gasteiger partial charge in [0.1, 0.15) is 5.75 Å². The van der Waals surface area contributed by atoms with Crippen molar-refractivity contribution in [3.05, 3.63) is 57.6 Å². The van der Waals surface area contributed by atoms with E-state index in [1.165, 1.54) is 12.1 Å². The number of halogens is 1. The number of aromatic hydroxyl groups is 1. The lowest BCUT2D eigenvalue weighted by Gasteiger charge is -2.12. The Morgan fingerprint density at radius 1 is 1.11 bits per heavy atom. The zero-order chi connectivity index (χ0) is 14.0. The molecule has 1 amide bonds. The van der Waals surface area contributed by atoms with E-state index in [1.54, 1.807) is 12.1 Å². The van der Waals surface area contributed by atoms with E-state index in [4.69, 9.17) is 0 Å². The van der Waals surface area contributed by atoms with E-state index in [-0.39, 0.29) is 11.7 Å². The van der Waals surface area contributed by atoms with Crippen molar-refractivity contribution in [3.8, 4) is 5.75 Å². The van der Waals surface area contributed by atoms with Gasteiger partial charge in [-0.2, -0.15) is 0 Å². The third-order valence-electron chi connectivity index (χ3n) is 2.87. The van der Waals surface area contributed by atoms with E-state index in [1.807, 2.05) is 26.0 Å². The minimum absolute atomic E-state index is 0.146. The van der Waals surface area contributed by atoms with Crippen LogP contribution in [0.15, 0.2) is 40.9 Å². The number of carbonyl (C=O) groups excluding carboxylic acids is 1. The topological polar surface area (TPSA) is 49.3 Å². The molecule has 0 aliphatic rings. The van der Waals surface area contributed by atoms with E-state index in [9.17, 15) is 9.90 Å². The maximum Gasteiger partial charge on any atom is 0.255 e. The van der Waals surface area contributed by atoms with Crippen molar-refractivity contribution < 1.29 is 9.90 Å². The van der Waals surface area contributed by atoms with Crippen LogP contribution in [0.25, 0.3) is 0 Å². The summed E-state index contributed by atoms with van der Waals surface area (Å²) < 4.78 is 0.991. The number of hydrogen-bond acceptors (Lipinski definition) is 2. The zero-order valence-electron chi connectivity index (χ0n) is 10.7. The molecule has 0 spiro atoms. The third kappa shape index (κ3) is 3.15. The van der Waals surface area contributed by atoms with Crippen molar-refractivity contribution in [2.24, 2.45) is 0 Å². The van der Waals surface area contributed by atoms with Crippen LogP contribution < -0.4 is 5.32 Å². The van der Waals surface area contributed by atoms with E-state index in [0.29, 0.717) is 5.56 Å². The molecule has 3 nitrogen and oxygen atoms in total. The molecule has 0 aromatic heterocycles. The van der Waals surface area contributed by atoms with Gasteiger partial charge in [0, 0.05) is 15.7 Å². The highest BCUT2D eigenvalue weighted by molar-refractivity contribution is 9.10. The van der Waals surface area contributed by atoms with Crippen molar-refractivity contribution in [3.63, 3.8) is 0 Å². The second-order valence-corrected chi connectivity index (χ2v) is 5.33. The van der Waals surface area contributed by atoms with Crippen molar-refractivity contribution in [1.29, 1.82) is 0 Å². The van der Waals surface area contributed by atoms with Crippen LogP contribution in [-0.4, -0.2) is 11.0 Å². The molecule has 0 aliphatic carbocycles. The average Bonchev–Trinajstić information content (AvgIpc) is 2.34. The first-order valence-corrected chi connectivity index (χ1v) is 6.64. The van der Waals surface area contributed by atoms with Gasteiger partial charge in [-0.1, -0.05) is 15.9 Å². The Morgan fingerprint density at radius 2 is 1.63 bits per heavy atom. The van der Waals surface area contributed by atoms with Gasteiger partial charge in [0.25, 0.3) is 5.91 Å². The minimum Gasteiger partial charge on any atom is -0.508 e. The summed E-state index contributed by atoms with van der Waals surface area (Å²) in [6.45, 7) is 3.90. The Bertz CT molecular complexity index is 598. The van der Waals surface area contributed by atoms with Crippen molar-refractivity contribution in [2.45, 2.75) is 13.8 Å². The minimum atomic E-state index is -0.187. The SMILES string of the molecule is Cc1cc(Br)cc(C)c1NC(=O)c1ccc(O)cc1. The Labute approximate surface area is 120 Å². The summed E-state index contributed by atoms with van der Waals surface area (Å²) in [5.41, 5.74) is 3.33. The number of anilines is 1. The molecule has 2 N–H and O–H groups in total. The van der Waals surface area contributed by atoms with E-state index >= 15 is 0 Å². The average molecular weight is 320 g/mol. The first-order chi connectivity index (χ1) is 8.97. The van der Waals surface area contributed by atoms with Gasteiger partial charge in [-0.3, -0.25) is 4.79 Å². The number of phenols is 1. The lowest BCUT2D eigenvalue weighted by molar-refractivity contribution is 0.102. The molecular weight excluding hydrogens is 306 g/mol. The van der Waals surface area contributed by atoms with Crippen molar-refractivity contribution in [2.75, 3.05) is 5.32 Å². The molecule has 0 saturated heterocycles. The van der Waals surface area contributed by atoms with Gasteiger partial charge in [0.05, 0.1) is 0 Å². The third-order valence-corrected chi connectivity index (χ3v) is 3.32. The molecule has 2 rings (SSSR count). The Hall–Kier alpha value is -1.81. The molecule has 4 heteroatoms. The summed E-state index contributed by atoms with van der Waals surface area (Å²) in [4.78, 5) is 12.1. The largest absolute Gasteiger partial charge is 0.508 e. The van der Waals surface area contributed by atoms with Gasteiger partial charge >= 0.3 is 0 Å². The molecule has 0 saturated carbocycles. The molecule has 0 bridgehead atoms. The highest BCUT2D eigenvalue weighted by Crippen LogP contribution is 2.25. The molecule has 0 fully saturated rings. The number of amides is 1. The first-order valence-electron chi connectivity index (χ1n) is 5.84. The predicted octanol–water partition coefficient (Wildman–Crippen LogP) is 4.02. The zero-order valence-corrected chi connectivity index (χ0v) is 12.3. The Morgan fingerprint density at radius 3 is 2.16 bits per heavy atom. The summed E-state index contributed by atoms with van der Waals surface area (Å²) in [5, 5.41) is 12.1. The Kier molecular flexibility index (Phi) is 3.90. The lowest BCUT2D eigenvalue weighted by Crippen LogP contribution is -2.13.